The lowest BCUT2D eigenvalue weighted by Gasteiger charge is -2.22. The Balaban J connectivity index is 0.00000156. The lowest BCUT2D eigenvalue weighted by molar-refractivity contribution is 0.0943. The second-order valence-corrected chi connectivity index (χ2v) is 5.86. The number of carbonyl (C=O) groups excluding carboxylic acids is 1. The molecule has 2 N–H and O–H groups in total. The maximum absolute atomic E-state index is 12.1. The van der Waals surface area contributed by atoms with Gasteiger partial charge in [0, 0.05) is 25.0 Å². The van der Waals surface area contributed by atoms with Gasteiger partial charge in [-0.15, -0.1) is 29.9 Å². The maximum Gasteiger partial charge on any atom is 0.290 e. The summed E-state index contributed by atoms with van der Waals surface area (Å²) in [6, 6.07) is 4.28. The van der Waals surface area contributed by atoms with E-state index in [1.54, 1.807) is 11.0 Å². The third-order valence-electron chi connectivity index (χ3n) is 4.03. The average molecular weight is 387 g/mol. The van der Waals surface area contributed by atoms with Crippen LogP contribution in [0.15, 0.2) is 24.7 Å². The first-order valence-corrected chi connectivity index (χ1v) is 8.04. The molecule has 0 aromatic carbocycles. The van der Waals surface area contributed by atoms with E-state index in [9.17, 15) is 4.79 Å². The first kappa shape index (κ1) is 21.3. The van der Waals surface area contributed by atoms with Crippen molar-refractivity contribution in [3.63, 3.8) is 0 Å². The van der Waals surface area contributed by atoms with Gasteiger partial charge in [-0.1, -0.05) is 6.07 Å². The molecule has 1 atom stereocenters. The Labute approximate surface area is 159 Å². The van der Waals surface area contributed by atoms with Crippen molar-refractivity contribution in [3.05, 3.63) is 41.7 Å². The minimum Gasteiger partial charge on any atom is -0.349 e. The molecule has 25 heavy (non-hydrogen) atoms. The fourth-order valence-electron chi connectivity index (χ4n) is 2.66. The van der Waals surface area contributed by atoms with Crippen molar-refractivity contribution < 1.29 is 4.79 Å². The fraction of sp³-hybridized carbons (Fsp3) is 0.500. The maximum atomic E-state index is 12.1. The smallest absolute Gasteiger partial charge is 0.290 e. The molecule has 3 rings (SSSR count). The number of pyridine rings is 1. The minimum atomic E-state index is -0.229. The van der Waals surface area contributed by atoms with Crippen molar-refractivity contribution in [1.29, 1.82) is 0 Å². The molecule has 3 heterocycles. The first-order chi connectivity index (χ1) is 11.2. The number of piperidine rings is 1. The van der Waals surface area contributed by atoms with E-state index in [1.165, 1.54) is 0 Å². The van der Waals surface area contributed by atoms with Gasteiger partial charge in [0.2, 0.25) is 5.82 Å². The third kappa shape index (κ3) is 5.95. The number of carbonyl (C=O) groups is 1. The van der Waals surface area contributed by atoms with E-state index in [0.29, 0.717) is 6.54 Å². The van der Waals surface area contributed by atoms with Crippen LogP contribution in [0.4, 0.5) is 0 Å². The van der Waals surface area contributed by atoms with Gasteiger partial charge in [0.15, 0.2) is 0 Å². The Hall–Kier alpha value is -1.70. The van der Waals surface area contributed by atoms with Gasteiger partial charge in [0.25, 0.3) is 5.91 Å². The van der Waals surface area contributed by atoms with Crippen LogP contribution in [0.1, 0.15) is 40.8 Å². The number of hydrogen-bond donors (Lipinski definition) is 2. The Kier molecular flexibility index (Phi) is 8.82. The quantitative estimate of drug-likeness (QED) is 0.816. The van der Waals surface area contributed by atoms with E-state index in [0.717, 1.165) is 43.6 Å². The summed E-state index contributed by atoms with van der Waals surface area (Å²) in [5, 5.41) is 10.5. The summed E-state index contributed by atoms with van der Waals surface area (Å²) in [7, 11) is 0. The molecule has 9 heteroatoms. The van der Waals surface area contributed by atoms with E-state index < -0.39 is 0 Å². The van der Waals surface area contributed by atoms with Crippen molar-refractivity contribution in [1.82, 2.24) is 30.4 Å². The predicted molar refractivity (Wildman–Crippen MR) is 101 cm³/mol. The lowest BCUT2D eigenvalue weighted by atomic mass is 10.1. The highest BCUT2D eigenvalue weighted by Gasteiger charge is 2.18. The van der Waals surface area contributed by atoms with Crippen LogP contribution in [0.3, 0.4) is 0 Å². The Bertz CT molecular complexity index is 655. The molecule has 7 nitrogen and oxygen atoms in total. The van der Waals surface area contributed by atoms with Crippen molar-refractivity contribution in [2.24, 2.45) is 0 Å². The highest BCUT2D eigenvalue weighted by atomic mass is 35.5. The molecule has 0 radical (unpaired) electrons. The highest BCUT2D eigenvalue weighted by molar-refractivity contribution is 5.90. The summed E-state index contributed by atoms with van der Waals surface area (Å²) in [6.45, 7) is 4.43. The third-order valence-corrected chi connectivity index (χ3v) is 4.03. The summed E-state index contributed by atoms with van der Waals surface area (Å²) < 4.78 is 1.80. The van der Waals surface area contributed by atoms with Crippen LogP contribution < -0.4 is 10.6 Å². The largest absolute Gasteiger partial charge is 0.349 e. The number of aromatic nitrogens is 4. The molecule has 138 valence electrons. The van der Waals surface area contributed by atoms with Crippen LogP contribution >= 0.6 is 24.8 Å². The first-order valence-electron chi connectivity index (χ1n) is 8.04. The van der Waals surface area contributed by atoms with Crippen LogP contribution in [-0.4, -0.2) is 45.3 Å². The molecule has 1 saturated heterocycles. The number of nitrogens with one attached hydrogen (secondary N) is 2. The van der Waals surface area contributed by atoms with Crippen LogP contribution in [-0.2, 0) is 6.42 Å². The summed E-state index contributed by atoms with van der Waals surface area (Å²) in [5.41, 5.74) is 2.09. The van der Waals surface area contributed by atoms with E-state index in [-0.39, 0.29) is 42.6 Å². The standard InChI is InChI=1S/C16H22N6O.2ClH/c1-12-4-5-13(9-19-12)6-8-18-16(23)15-20-11-22(21-15)14-3-2-7-17-10-14;;/h4-5,9,11,14,17H,2-3,6-8,10H2,1H3,(H,18,23);2*1H. The number of aryl methyl sites for hydroxylation is 1. The topological polar surface area (TPSA) is 84.7 Å². The number of amides is 1. The molecule has 2 aromatic rings. The molecule has 0 aliphatic carbocycles. The van der Waals surface area contributed by atoms with Crippen molar-refractivity contribution in [2.75, 3.05) is 19.6 Å². The van der Waals surface area contributed by atoms with E-state index in [2.05, 4.69) is 25.7 Å². The second kappa shape index (κ2) is 10.3. The molecule has 1 aliphatic heterocycles. The van der Waals surface area contributed by atoms with E-state index >= 15 is 0 Å². The van der Waals surface area contributed by atoms with Gasteiger partial charge in [-0.05, 0) is 44.4 Å². The van der Waals surface area contributed by atoms with Gasteiger partial charge in [0.1, 0.15) is 6.33 Å². The summed E-state index contributed by atoms with van der Waals surface area (Å²) in [6.07, 6.45) is 6.42. The van der Waals surface area contributed by atoms with Gasteiger partial charge in [-0.2, -0.15) is 0 Å². The van der Waals surface area contributed by atoms with Gasteiger partial charge < -0.3 is 10.6 Å². The molecular weight excluding hydrogens is 363 g/mol. The van der Waals surface area contributed by atoms with Crippen LogP contribution in [0.2, 0.25) is 0 Å². The molecule has 0 spiro atoms. The zero-order valence-electron chi connectivity index (χ0n) is 14.1. The van der Waals surface area contributed by atoms with Crippen LogP contribution in [0.5, 0.6) is 0 Å². The van der Waals surface area contributed by atoms with E-state index in [1.807, 2.05) is 25.3 Å². The fourth-order valence-corrected chi connectivity index (χ4v) is 2.66. The van der Waals surface area contributed by atoms with Gasteiger partial charge in [-0.25, -0.2) is 9.67 Å². The Morgan fingerprint density at radius 3 is 2.88 bits per heavy atom. The zero-order valence-corrected chi connectivity index (χ0v) is 15.8. The molecule has 1 amide bonds. The lowest BCUT2D eigenvalue weighted by Crippen LogP contribution is -2.32. The summed E-state index contributed by atoms with van der Waals surface area (Å²) >= 11 is 0. The zero-order chi connectivity index (χ0) is 16.1. The highest BCUT2D eigenvalue weighted by Crippen LogP contribution is 2.14. The monoisotopic (exact) mass is 386 g/mol. The average Bonchev–Trinajstić information content (AvgIpc) is 3.07. The normalized spacial score (nSPS) is 16.4. The molecular formula is C16H24Cl2N6O. The van der Waals surface area contributed by atoms with Crippen molar-refractivity contribution in [2.45, 2.75) is 32.2 Å². The molecule has 0 bridgehead atoms. The molecule has 1 aliphatic rings. The van der Waals surface area contributed by atoms with Crippen molar-refractivity contribution in [3.8, 4) is 0 Å². The van der Waals surface area contributed by atoms with Gasteiger partial charge in [-0.3, -0.25) is 9.78 Å². The van der Waals surface area contributed by atoms with Crippen molar-refractivity contribution >= 4 is 30.7 Å². The van der Waals surface area contributed by atoms with E-state index in [4.69, 9.17) is 0 Å². The summed E-state index contributed by atoms with van der Waals surface area (Å²) in [4.78, 5) is 20.5. The number of rotatable bonds is 5. The second-order valence-electron chi connectivity index (χ2n) is 5.86. The Morgan fingerprint density at radius 1 is 1.36 bits per heavy atom. The predicted octanol–water partition coefficient (Wildman–Crippen LogP) is 1.72. The number of nitrogens with zero attached hydrogens (tertiary/aromatic N) is 4. The summed E-state index contributed by atoms with van der Waals surface area (Å²) in [5.74, 6) is 0.00481. The Morgan fingerprint density at radius 2 is 2.20 bits per heavy atom. The van der Waals surface area contributed by atoms with Crippen LogP contribution in [0.25, 0.3) is 0 Å². The number of halogens is 2. The molecule has 1 fully saturated rings. The van der Waals surface area contributed by atoms with Gasteiger partial charge in [0.05, 0.1) is 6.04 Å². The molecule has 1 unspecified atom stereocenters. The van der Waals surface area contributed by atoms with Gasteiger partial charge >= 0.3 is 0 Å². The SMILES string of the molecule is Cc1ccc(CCNC(=O)c2ncn(C3CCCNC3)n2)cn1.Cl.Cl. The minimum absolute atomic E-state index is 0. The molecule has 2 aromatic heterocycles. The molecule has 0 saturated carbocycles. The van der Waals surface area contributed by atoms with Crippen LogP contribution in [0, 0.1) is 6.92 Å². The number of hydrogen-bond acceptors (Lipinski definition) is 5.